The topological polar surface area (TPSA) is 95.1 Å². The third-order valence-corrected chi connectivity index (χ3v) is 10.2. The van der Waals surface area contributed by atoms with Crippen molar-refractivity contribution in [1.82, 2.24) is 10.6 Å². The summed E-state index contributed by atoms with van der Waals surface area (Å²) in [6, 6.07) is 19.4. The quantitative estimate of drug-likeness (QED) is 0.144. The molecule has 0 aliphatic carbocycles. The number of allylic oxidation sites excluding steroid dienone is 2. The van der Waals surface area contributed by atoms with Gasteiger partial charge in [-0.15, -0.1) is 0 Å². The standard InChI is InChI=1S/C40H61BN2O6/c1-36(2,3)40(37(4,5)6,43-35(45)47-30-32-23-16-12-17-24-32)27-20-26-33(41-48-38(7,8)39(9,10)49-41)25-18-13-19-28-42-34(44)46-29-31-21-14-11-15-22-31/h11-12,14-17,21-25H,13,18-20,26-30H2,1-10H3,(H,42,44)(H,43,45)/b33-25-. The third kappa shape index (κ3) is 11.4. The molecule has 0 bridgehead atoms. The summed E-state index contributed by atoms with van der Waals surface area (Å²) in [5, 5.41) is 6.21. The molecular formula is C40H61BN2O6. The van der Waals surface area contributed by atoms with E-state index >= 15 is 0 Å². The van der Waals surface area contributed by atoms with E-state index in [0.29, 0.717) is 6.54 Å². The lowest BCUT2D eigenvalue weighted by Gasteiger charge is -2.54. The van der Waals surface area contributed by atoms with Crippen molar-refractivity contribution in [1.29, 1.82) is 0 Å². The Hall–Kier alpha value is -3.30. The van der Waals surface area contributed by atoms with Gasteiger partial charge in [0.2, 0.25) is 0 Å². The molecule has 0 unspecified atom stereocenters. The fourth-order valence-electron chi connectivity index (χ4n) is 6.64. The van der Waals surface area contributed by atoms with Crippen LogP contribution < -0.4 is 10.6 Å². The number of hydrogen-bond donors (Lipinski definition) is 2. The molecule has 0 spiro atoms. The molecule has 2 aromatic carbocycles. The highest BCUT2D eigenvalue weighted by molar-refractivity contribution is 6.54. The minimum absolute atomic E-state index is 0.218. The first-order valence-corrected chi connectivity index (χ1v) is 17.8. The molecule has 1 fully saturated rings. The Labute approximate surface area is 296 Å². The molecule has 0 saturated carbocycles. The Bertz CT molecular complexity index is 1330. The van der Waals surface area contributed by atoms with Crippen LogP contribution >= 0.6 is 0 Å². The number of benzene rings is 2. The third-order valence-electron chi connectivity index (χ3n) is 10.2. The van der Waals surface area contributed by atoms with Gasteiger partial charge in [0.15, 0.2) is 0 Å². The fourth-order valence-corrected chi connectivity index (χ4v) is 6.64. The van der Waals surface area contributed by atoms with E-state index in [1.54, 1.807) is 0 Å². The molecule has 2 N–H and O–H groups in total. The predicted molar refractivity (Wildman–Crippen MR) is 198 cm³/mol. The van der Waals surface area contributed by atoms with Crippen molar-refractivity contribution in [2.24, 2.45) is 10.8 Å². The Morgan fingerprint density at radius 2 is 1.22 bits per heavy atom. The molecule has 49 heavy (non-hydrogen) atoms. The number of carbonyl (C=O) groups excluding carboxylic acids is 2. The molecule has 1 heterocycles. The van der Waals surface area contributed by atoms with Gasteiger partial charge in [-0.25, -0.2) is 9.59 Å². The first kappa shape index (κ1) is 40.1. The Morgan fingerprint density at radius 3 is 1.71 bits per heavy atom. The van der Waals surface area contributed by atoms with Crippen LogP contribution in [-0.4, -0.2) is 42.6 Å². The van der Waals surface area contributed by atoms with E-state index in [-0.39, 0.29) is 24.0 Å². The van der Waals surface area contributed by atoms with Gasteiger partial charge in [0.1, 0.15) is 13.2 Å². The van der Waals surface area contributed by atoms with Crippen LogP contribution in [0.2, 0.25) is 0 Å². The number of ether oxygens (including phenoxy) is 2. The maximum Gasteiger partial charge on any atom is 0.490 e. The maximum absolute atomic E-state index is 13.3. The first-order valence-electron chi connectivity index (χ1n) is 17.8. The maximum atomic E-state index is 13.3. The van der Waals surface area contributed by atoms with E-state index in [0.717, 1.165) is 55.1 Å². The van der Waals surface area contributed by atoms with Gasteiger partial charge in [-0.3, -0.25) is 0 Å². The van der Waals surface area contributed by atoms with Gasteiger partial charge in [-0.1, -0.05) is 108 Å². The second-order valence-electron chi connectivity index (χ2n) is 16.3. The highest BCUT2D eigenvalue weighted by Gasteiger charge is 2.53. The first-order chi connectivity index (χ1) is 22.9. The lowest BCUT2D eigenvalue weighted by Crippen LogP contribution is -2.64. The second kappa shape index (κ2) is 17.1. The van der Waals surface area contributed by atoms with E-state index in [9.17, 15) is 9.59 Å². The molecule has 1 aliphatic heterocycles. The highest BCUT2D eigenvalue weighted by Crippen LogP contribution is 2.48. The highest BCUT2D eigenvalue weighted by atomic mass is 16.7. The molecule has 2 aromatic rings. The smallest absolute Gasteiger partial charge is 0.445 e. The van der Waals surface area contributed by atoms with E-state index in [4.69, 9.17) is 18.8 Å². The summed E-state index contributed by atoms with van der Waals surface area (Å²) >= 11 is 0. The van der Waals surface area contributed by atoms with Crippen molar-refractivity contribution in [2.45, 2.75) is 138 Å². The van der Waals surface area contributed by atoms with E-state index in [1.807, 2.05) is 60.7 Å². The van der Waals surface area contributed by atoms with Gasteiger partial charge in [-0.2, -0.15) is 0 Å². The lowest BCUT2D eigenvalue weighted by molar-refractivity contribution is 0.00578. The summed E-state index contributed by atoms with van der Waals surface area (Å²) < 4.78 is 24.1. The van der Waals surface area contributed by atoms with Crippen molar-refractivity contribution in [2.75, 3.05) is 6.54 Å². The van der Waals surface area contributed by atoms with Crippen LogP contribution in [0.4, 0.5) is 9.59 Å². The lowest BCUT2D eigenvalue weighted by atomic mass is 9.57. The molecule has 2 amide bonds. The molecule has 1 aliphatic rings. The number of amides is 2. The minimum atomic E-state index is -0.560. The second-order valence-corrected chi connectivity index (χ2v) is 16.3. The molecule has 0 atom stereocenters. The molecule has 8 nitrogen and oxygen atoms in total. The summed E-state index contributed by atoms with van der Waals surface area (Å²) in [5.41, 5.74) is 1.02. The van der Waals surface area contributed by atoms with Crippen molar-refractivity contribution in [3.8, 4) is 0 Å². The SMILES string of the molecule is CC(C)(C)C(CCC/C(=C/CCCCNC(=O)OCc1ccccc1)B1OC(C)(C)C(C)(C)O1)(NC(=O)OCc1ccccc1)C(C)(C)C. The molecule has 3 rings (SSSR count). The monoisotopic (exact) mass is 676 g/mol. The predicted octanol–water partition coefficient (Wildman–Crippen LogP) is 9.57. The Balaban J connectivity index is 1.64. The van der Waals surface area contributed by atoms with Crippen molar-refractivity contribution in [3.05, 3.63) is 83.3 Å². The summed E-state index contributed by atoms with van der Waals surface area (Å²) in [6.45, 7) is 22.4. The van der Waals surface area contributed by atoms with Crippen LogP contribution in [0, 0.1) is 10.8 Å². The summed E-state index contributed by atoms with van der Waals surface area (Å²) in [7, 11) is -0.446. The molecule has 1 saturated heterocycles. The minimum Gasteiger partial charge on any atom is -0.445 e. The largest absolute Gasteiger partial charge is 0.490 e. The van der Waals surface area contributed by atoms with E-state index in [2.05, 4.69) is 85.9 Å². The zero-order chi connectivity index (χ0) is 36.3. The molecule has 9 heteroatoms. The summed E-state index contributed by atoms with van der Waals surface area (Å²) in [5.74, 6) is 0. The Morgan fingerprint density at radius 1 is 0.735 bits per heavy atom. The van der Waals surface area contributed by atoms with Crippen LogP contribution in [0.5, 0.6) is 0 Å². The van der Waals surface area contributed by atoms with Gasteiger partial charge < -0.3 is 29.4 Å². The van der Waals surface area contributed by atoms with Crippen molar-refractivity contribution < 1.29 is 28.4 Å². The average Bonchev–Trinajstić information content (AvgIpc) is 3.24. The zero-order valence-corrected chi connectivity index (χ0v) is 31.7. The van der Waals surface area contributed by atoms with Crippen LogP contribution in [0.1, 0.15) is 119 Å². The zero-order valence-electron chi connectivity index (χ0n) is 31.7. The Kier molecular flexibility index (Phi) is 14.0. The van der Waals surface area contributed by atoms with Gasteiger partial charge in [0, 0.05) is 6.54 Å². The van der Waals surface area contributed by atoms with Crippen molar-refractivity contribution in [3.63, 3.8) is 0 Å². The average molecular weight is 677 g/mol. The van der Waals surface area contributed by atoms with Gasteiger partial charge in [0.05, 0.1) is 16.7 Å². The van der Waals surface area contributed by atoms with E-state index < -0.39 is 36.0 Å². The van der Waals surface area contributed by atoms with E-state index in [1.165, 1.54) is 0 Å². The van der Waals surface area contributed by atoms with Crippen LogP contribution in [-0.2, 0) is 32.0 Å². The number of unbranched alkanes of at least 4 members (excludes halogenated alkanes) is 2. The molecule has 0 radical (unpaired) electrons. The van der Waals surface area contributed by atoms with Crippen LogP contribution in [0.3, 0.4) is 0 Å². The summed E-state index contributed by atoms with van der Waals surface area (Å²) in [6.07, 6.45) is 6.29. The van der Waals surface area contributed by atoms with Gasteiger partial charge >= 0.3 is 19.3 Å². The van der Waals surface area contributed by atoms with Crippen LogP contribution in [0.25, 0.3) is 0 Å². The van der Waals surface area contributed by atoms with Gasteiger partial charge in [0.25, 0.3) is 0 Å². The number of rotatable bonds is 15. The summed E-state index contributed by atoms with van der Waals surface area (Å²) in [4.78, 5) is 25.5. The van der Waals surface area contributed by atoms with Crippen molar-refractivity contribution >= 4 is 19.3 Å². The number of carbonyl (C=O) groups is 2. The molecule has 270 valence electrons. The normalized spacial score (nSPS) is 16.3. The number of hydrogen-bond acceptors (Lipinski definition) is 6. The van der Waals surface area contributed by atoms with Crippen LogP contribution in [0.15, 0.2) is 72.2 Å². The number of nitrogens with one attached hydrogen (secondary N) is 2. The number of alkyl carbamates (subject to hydrolysis) is 2. The molecular weight excluding hydrogens is 615 g/mol. The molecule has 0 aromatic heterocycles. The van der Waals surface area contributed by atoms with Gasteiger partial charge in [-0.05, 0) is 93.6 Å². The fraction of sp³-hybridized carbons (Fsp3) is 0.600.